The van der Waals surface area contributed by atoms with Crippen LogP contribution in [0.25, 0.3) is 0 Å². The first-order valence-electron chi connectivity index (χ1n) is 9.32. The van der Waals surface area contributed by atoms with Crippen LogP contribution in [0.3, 0.4) is 0 Å². The maximum atomic E-state index is 10.9. The van der Waals surface area contributed by atoms with Crippen LogP contribution in [-0.2, 0) is 6.54 Å². The average Bonchev–Trinajstić information content (AvgIpc) is 2.70. The molecule has 1 saturated heterocycles. The van der Waals surface area contributed by atoms with E-state index in [1.54, 1.807) is 11.0 Å². The first-order chi connectivity index (χ1) is 13.5. The molecule has 0 radical (unpaired) electrons. The third kappa shape index (κ3) is 5.40. The normalized spacial score (nSPS) is 18.9. The highest BCUT2D eigenvalue weighted by Crippen LogP contribution is 2.28. The largest absolute Gasteiger partial charge is 0.494 e. The number of likely N-dealkylation sites (tertiary alicyclic amines) is 1. The van der Waals surface area contributed by atoms with Crippen LogP contribution in [0, 0.1) is 10.1 Å². The summed E-state index contributed by atoms with van der Waals surface area (Å²) in [5.41, 5.74) is 1.96. The zero-order valence-electron chi connectivity index (χ0n) is 15.8. The van der Waals surface area contributed by atoms with Crippen molar-refractivity contribution in [3.05, 3.63) is 64.2 Å². The zero-order chi connectivity index (χ0) is 19.9. The minimum Gasteiger partial charge on any atom is -0.494 e. The van der Waals surface area contributed by atoms with Gasteiger partial charge in [-0.2, -0.15) is 0 Å². The van der Waals surface area contributed by atoms with Gasteiger partial charge in [-0.25, -0.2) is 0 Å². The first kappa shape index (κ1) is 20.0. The first-order valence-corrected chi connectivity index (χ1v) is 9.73. The van der Waals surface area contributed by atoms with E-state index >= 15 is 0 Å². The number of nitro groups is 1. The molecule has 1 fully saturated rings. The average molecular weight is 402 g/mol. The molecule has 0 spiro atoms. The zero-order valence-corrected chi connectivity index (χ0v) is 16.6. The maximum Gasteiger partial charge on any atom is 0.273 e. The number of nitrogens with one attached hydrogen (secondary N) is 3. The Hall–Kier alpha value is -2.71. The summed E-state index contributed by atoms with van der Waals surface area (Å²) >= 11 is 5.42. The van der Waals surface area contributed by atoms with Gasteiger partial charge < -0.3 is 20.3 Å². The van der Waals surface area contributed by atoms with E-state index in [2.05, 4.69) is 34.9 Å². The Balaban J connectivity index is 1.49. The summed E-state index contributed by atoms with van der Waals surface area (Å²) in [4.78, 5) is 12.0. The standard InChI is InChI=1S/C20H24N4O3S/c1-27-19-13-17(24(25)26)7-8-18(19)22-20(28)21-16-9-11-23(12-10-16)14-15-5-3-2-4-6-15/h2-8,13,16H,9-12,14H2,1H3,(H2,21,22,28)/p+1. The lowest BCUT2D eigenvalue weighted by Gasteiger charge is -2.30. The number of anilines is 1. The van der Waals surface area contributed by atoms with Crippen molar-refractivity contribution in [1.82, 2.24) is 5.32 Å². The summed E-state index contributed by atoms with van der Waals surface area (Å²) in [5.74, 6) is 0.389. The summed E-state index contributed by atoms with van der Waals surface area (Å²) in [6, 6.07) is 15.3. The minimum absolute atomic E-state index is 0.0185. The molecular weight excluding hydrogens is 376 g/mol. The topological polar surface area (TPSA) is 80.9 Å². The molecule has 7 nitrogen and oxygen atoms in total. The third-order valence-corrected chi connectivity index (χ3v) is 5.19. The number of hydrogen-bond donors (Lipinski definition) is 3. The molecule has 2 aromatic rings. The molecule has 8 heteroatoms. The fourth-order valence-electron chi connectivity index (χ4n) is 3.47. The molecule has 0 aromatic heterocycles. The Labute approximate surface area is 169 Å². The fourth-order valence-corrected chi connectivity index (χ4v) is 3.75. The van der Waals surface area contributed by atoms with E-state index in [0.717, 1.165) is 32.5 Å². The molecule has 0 atom stereocenters. The molecule has 0 unspecified atom stereocenters. The van der Waals surface area contributed by atoms with Gasteiger partial charge in [-0.1, -0.05) is 30.3 Å². The number of thiocarbonyl (C=S) groups is 1. The second-order valence-corrected chi connectivity index (χ2v) is 7.34. The van der Waals surface area contributed by atoms with Gasteiger partial charge in [0.15, 0.2) is 5.11 Å². The van der Waals surface area contributed by atoms with Crippen LogP contribution < -0.4 is 20.3 Å². The summed E-state index contributed by atoms with van der Waals surface area (Å²) in [6.07, 6.45) is 2.09. The van der Waals surface area contributed by atoms with Gasteiger partial charge in [0, 0.05) is 30.5 Å². The van der Waals surface area contributed by atoms with Crippen LogP contribution in [0.2, 0.25) is 0 Å². The van der Waals surface area contributed by atoms with E-state index in [0.29, 0.717) is 22.6 Å². The van der Waals surface area contributed by atoms with E-state index in [-0.39, 0.29) is 5.69 Å². The summed E-state index contributed by atoms with van der Waals surface area (Å²) in [6.45, 7) is 3.24. The monoisotopic (exact) mass is 401 g/mol. The fraction of sp³-hybridized carbons (Fsp3) is 0.350. The summed E-state index contributed by atoms with van der Waals surface area (Å²) in [7, 11) is 1.48. The molecule has 0 amide bonds. The van der Waals surface area contributed by atoms with Gasteiger partial charge in [0.25, 0.3) is 5.69 Å². The number of non-ortho nitro benzene ring substituents is 1. The smallest absolute Gasteiger partial charge is 0.273 e. The molecule has 3 N–H and O–H groups in total. The quantitative estimate of drug-likeness (QED) is 0.391. The van der Waals surface area contributed by atoms with Gasteiger partial charge in [-0.15, -0.1) is 0 Å². The van der Waals surface area contributed by atoms with E-state index in [1.807, 2.05) is 6.07 Å². The van der Waals surface area contributed by atoms with Crippen LogP contribution >= 0.6 is 12.2 Å². The Kier molecular flexibility index (Phi) is 6.78. The van der Waals surface area contributed by atoms with Gasteiger partial charge in [-0.05, 0) is 18.3 Å². The van der Waals surface area contributed by atoms with E-state index in [1.165, 1.54) is 24.8 Å². The molecule has 0 bridgehead atoms. The van der Waals surface area contributed by atoms with E-state index < -0.39 is 4.92 Å². The second-order valence-electron chi connectivity index (χ2n) is 6.93. The number of hydrogen-bond acceptors (Lipinski definition) is 4. The van der Waals surface area contributed by atoms with Crippen molar-refractivity contribution >= 4 is 28.7 Å². The number of rotatable bonds is 6. The van der Waals surface area contributed by atoms with E-state index in [4.69, 9.17) is 17.0 Å². The molecule has 3 rings (SSSR count). The van der Waals surface area contributed by atoms with Crippen LogP contribution in [0.4, 0.5) is 11.4 Å². The number of benzene rings is 2. The number of piperidine rings is 1. The van der Waals surface area contributed by atoms with Crippen molar-refractivity contribution in [2.24, 2.45) is 0 Å². The number of ether oxygens (including phenoxy) is 1. The van der Waals surface area contributed by atoms with Gasteiger partial charge in [-0.3, -0.25) is 10.1 Å². The molecular formula is C20H25N4O3S+. The predicted molar refractivity (Wildman–Crippen MR) is 113 cm³/mol. The molecule has 1 aliphatic rings. The summed E-state index contributed by atoms with van der Waals surface area (Å²) < 4.78 is 5.24. The SMILES string of the molecule is COc1cc([N+](=O)[O-])ccc1NC(=S)NC1CC[NH+](Cc2ccccc2)CC1. The Morgan fingerprint density at radius 1 is 1.25 bits per heavy atom. The number of methoxy groups -OCH3 is 1. The van der Waals surface area contributed by atoms with E-state index in [9.17, 15) is 10.1 Å². The van der Waals surface area contributed by atoms with Crippen LogP contribution in [0.1, 0.15) is 18.4 Å². The lowest BCUT2D eigenvalue weighted by molar-refractivity contribution is -0.918. The highest BCUT2D eigenvalue weighted by molar-refractivity contribution is 7.80. The lowest BCUT2D eigenvalue weighted by Crippen LogP contribution is -3.12. The Morgan fingerprint density at radius 3 is 2.61 bits per heavy atom. The van der Waals surface area contributed by atoms with Crippen LogP contribution in [0.5, 0.6) is 5.75 Å². The van der Waals surface area contributed by atoms with Crippen LogP contribution in [-0.4, -0.2) is 36.3 Å². The third-order valence-electron chi connectivity index (χ3n) is 4.97. The minimum atomic E-state index is -0.450. The van der Waals surface area contributed by atoms with Gasteiger partial charge >= 0.3 is 0 Å². The maximum absolute atomic E-state index is 10.9. The number of quaternary nitrogens is 1. The van der Waals surface area contributed by atoms with Gasteiger partial charge in [0.1, 0.15) is 12.3 Å². The lowest BCUT2D eigenvalue weighted by atomic mass is 10.0. The highest BCUT2D eigenvalue weighted by Gasteiger charge is 2.23. The van der Waals surface area contributed by atoms with Crippen molar-refractivity contribution in [2.75, 3.05) is 25.5 Å². The molecule has 148 valence electrons. The predicted octanol–water partition coefficient (Wildman–Crippen LogP) is 2.14. The molecule has 0 aliphatic carbocycles. The molecule has 0 saturated carbocycles. The van der Waals surface area contributed by atoms with Gasteiger partial charge in [0.05, 0.1) is 36.9 Å². The van der Waals surface area contributed by atoms with Crippen molar-refractivity contribution in [2.45, 2.75) is 25.4 Å². The van der Waals surface area contributed by atoms with Crippen molar-refractivity contribution in [3.8, 4) is 5.75 Å². The number of nitrogens with zero attached hydrogens (tertiary/aromatic N) is 1. The summed E-state index contributed by atoms with van der Waals surface area (Å²) in [5, 5.41) is 17.8. The Morgan fingerprint density at radius 2 is 1.96 bits per heavy atom. The molecule has 28 heavy (non-hydrogen) atoms. The highest BCUT2D eigenvalue weighted by atomic mass is 32.1. The van der Waals surface area contributed by atoms with Crippen molar-refractivity contribution < 1.29 is 14.6 Å². The van der Waals surface area contributed by atoms with Gasteiger partial charge in [0.2, 0.25) is 0 Å². The molecule has 1 heterocycles. The van der Waals surface area contributed by atoms with Crippen molar-refractivity contribution in [3.63, 3.8) is 0 Å². The second kappa shape index (κ2) is 9.48. The molecule has 1 aliphatic heterocycles. The number of nitro benzene ring substituents is 1. The molecule has 2 aromatic carbocycles. The van der Waals surface area contributed by atoms with Crippen LogP contribution in [0.15, 0.2) is 48.5 Å². The van der Waals surface area contributed by atoms with Crippen molar-refractivity contribution in [1.29, 1.82) is 0 Å². The Bertz CT molecular complexity index is 823.